The molecular weight excluding hydrogens is 440 g/mol. The molecule has 1 heterocycles. The van der Waals surface area contributed by atoms with Crippen LogP contribution in [0.25, 0.3) is 10.8 Å². The molecule has 0 bridgehead atoms. The van der Waals surface area contributed by atoms with Gasteiger partial charge >= 0.3 is 0 Å². The lowest BCUT2D eigenvalue weighted by Gasteiger charge is -2.26. The third-order valence-electron chi connectivity index (χ3n) is 4.91. The maximum atomic E-state index is 12.8. The molecule has 1 amide bonds. The lowest BCUT2D eigenvalue weighted by Crippen LogP contribution is -2.40. The standard InChI is InChI=1S/C22H21ClN2O5S/c23-20-8-7-19(31(27,28)25-9-11-29-12-10-25)14-21(20)24-22(26)15-30-18-6-5-16-3-1-2-4-17(16)13-18/h1-8,13-14H,9-12,15H2,(H,24,26). The van der Waals surface area contributed by atoms with Crippen molar-refractivity contribution in [2.24, 2.45) is 0 Å². The zero-order chi connectivity index (χ0) is 21.8. The number of halogens is 1. The molecule has 1 saturated heterocycles. The second-order valence-corrected chi connectivity index (χ2v) is 9.35. The van der Waals surface area contributed by atoms with Crippen molar-refractivity contribution in [1.82, 2.24) is 4.31 Å². The molecule has 0 radical (unpaired) electrons. The molecular formula is C22H21ClN2O5S. The summed E-state index contributed by atoms with van der Waals surface area (Å²) in [5.41, 5.74) is 0.211. The average molecular weight is 461 g/mol. The number of morpholine rings is 1. The first kappa shape index (κ1) is 21.6. The summed E-state index contributed by atoms with van der Waals surface area (Å²) < 4.78 is 37.8. The van der Waals surface area contributed by atoms with Gasteiger partial charge in [-0.25, -0.2) is 8.42 Å². The molecule has 1 N–H and O–H groups in total. The van der Waals surface area contributed by atoms with Gasteiger partial charge in [-0.2, -0.15) is 4.31 Å². The van der Waals surface area contributed by atoms with E-state index in [1.165, 1.54) is 22.5 Å². The summed E-state index contributed by atoms with van der Waals surface area (Å²) >= 11 is 6.17. The predicted molar refractivity (Wildman–Crippen MR) is 119 cm³/mol. The smallest absolute Gasteiger partial charge is 0.262 e. The number of hydrogen-bond acceptors (Lipinski definition) is 5. The third kappa shape index (κ3) is 4.99. The minimum Gasteiger partial charge on any atom is -0.484 e. The summed E-state index contributed by atoms with van der Waals surface area (Å²) in [6, 6.07) is 17.6. The topological polar surface area (TPSA) is 84.9 Å². The van der Waals surface area contributed by atoms with Crippen LogP contribution in [0.3, 0.4) is 0 Å². The monoisotopic (exact) mass is 460 g/mol. The summed E-state index contributed by atoms with van der Waals surface area (Å²) in [6.45, 7) is 1.03. The van der Waals surface area contributed by atoms with Crippen LogP contribution in [0.4, 0.5) is 5.69 Å². The lowest BCUT2D eigenvalue weighted by atomic mass is 10.1. The molecule has 31 heavy (non-hydrogen) atoms. The van der Waals surface area contributed by atoms with Crippen molar-refractivity contribution in [2.45, 2.75) is 4.90 Å². The summed E-state index contributed by atoms with van der Waals surface area (Å²) in [7, 11) is -3.70. The molecule has 0 aromatic heterocycles. The first-order valence-corrected chi connectivity index (χ1v) is 11.5. The number of ether oxygens (including phenoxy) is 2. The Hall–Kier alpha value is -2.65. The molecule has 162 valence electrons. The van der Waals surface area contributed by atoms with Gasteiger partial charge in [0.2, 0.25) is 10.0 Å². The van der Waals surface area contributed by atoms with E-state index in [-0.39, 0.29) is 35.3 Å². The highest BCUT2D eigenvalue weighted by Crippen LogP contribution is 2.27. The van der Waals surface area contributed by atoms with Crippen LogP contribution >= 0.6 is 11.6 Å². The number of sulfonamides is 1. The van der Waals surface area contributed by atoms with Crippen molar-refractivity contribution in [3.63, 3.8) is 0 Å². The highest BCUT2D eigenvalue weighted by molar-refractivity contribution is 7.89. The largest absolute Gasteiger partial charge is 0.484 e. The van der Waals surface area contributed by atoms with Crippen LogP contribution in [-0.2, 0) is 19.6 Å². The Bertz CT molecular complexity index is 1210. The number of benzene rings is 3. The van der Waals surface area contributed by atoms with E-state index >= 15 is 0 Å². The summed E-state index contributed by atoms with van der Waals surface area (Å²) in [5.74, 6) is 0.111. The van der Waals surface area contributed by atoms with Gasteiger partial charge in [0, 0.05) is 13.1 Å². The molecule has 3 aromatic carbocycles. The van der Waals surface area contributed by atoms with Crippen molar-refractivity contribution >= 4 is 44.0 Å². The number of rotatable bonds is 6. The summed E-state index contributed by atoms with van der Waals surface area (Å²) in [6.07, 6.45) is 0. The second kappa shape index (κ2) is 9.23. The van der Waals surface area contributed by atoms with E-state index in [1.54, 1.807) is 6.07 Å². The van der Waals surface area contributed by atoms with E-state index in [1.807, 2.05) is 36.4 Å². The maximum absolute atomic E-state index is 12.8. The summed E-state index contributed by atoms with van der Waals surface area (Å²) in [4.78, 5) is 12.5. The fraction of sp³-hybridized carbons (Fsp3) is 0.227. The Kier molecular flexibility index (Phi) is 6.43. The Labute approximate surface area is 185 Å². The highest BCUT2D eigenvalue weighted by Gasteiger charge is 2.27. The van der Waals surface area contributed by atoms with Gasteiger partial charge in [0.15, 0.2) is 6.61 Å². The maximum Gasteiger partial charge on any atom is 0.262 e. The van der Waals surface area contributed by atoms with Gasteiger partial charge in [0.1, 0.15) is 5.75 Å². The van der Waals surface area contributed by atoms with Crippen LogP contribution in [0, 0.1) is 0 Å². The Morgan fingerprint density at radius 3 is 2.55 bits per heavy atom. The molecule has 0 atom stereocenters. The molecule has 0 spiro atoms. The van der Waals surface area contributed by atoms with E-state index in [2.05, 4.69) is 5.32 Å². The number of carbonyl (C=O) groups excluding carboxylic acids is 1. The van der Waals surface area contributed by atoms with Crippen molar-refractivity contribution in [2.75, 3.05) is 38.2 Å². The Morgan fingerprint density at radius 1 is 1.03 bits per heavy atom. The fourth-order valence-corrected chi connectivity index (χ4v) is 4.89. The van der Waals surface area contributed by atoms with Gasteiger partial charge in [0.25, 0.3) is 5.91 Å². The van der Waals surface area contributed by atoms with Gasteiger partial charge in [-0.3, -0.25) is 4.79 Å². The quantitative estimate of drug-likeness (QED) is 0.608. The predicted octanol–water partition coefficient (Wildman–Crippen LogP) is 3.53. The third-order valence-corrected chi connectivity index (χ3v) is 7.13. The summed E-state index contributed by atoms with van der Waals surface area (Å²) in [5, 5.41) is 4.94. The molecule has 4 rings (SSSR count). The van der Waals surface area contributed by atoms with Crippen molar-refractivity contribution < 1.29 is 22.7 Å². The van der Waals surface area contributed by atoms with Crippen LogP contribution in [-0.4, -0.2) is 51.5 Å². The van der Waals surface area contributed by atoms with Crippen LogP contribution in [0.15, 0.2) is 65.6 Å². The van der Waals surface area contributed by atoms with E-state index in [9.17, 15) is 13.2 Å². The second-order valence-electron chi connectivity index (χ2n) is 7.00. The number of nitrogens with zero attached hydrogens (tertiary/aromatic N) is 1. The molecule has 1 aliphatic rings. The van der Waals surface area contributed by atoms with E-state index in [0.29, 0.717) is 19.0 Å². The van der Waals surface area contributed by atoms with Gasteiger partial charge in [-0.05, 0) is 41.1 Å². The molecule has 7 nitrogen and oxygen atoms in total. The number of carbonyl (C=O) groups is 1. The van der Waals surface area contributed by atoms with Crippen molar-refractivity contribution in [1.29, 1.82) is 0 Å². The van der Waals surface area contributed by atoms with E-state index in [0.717, 1.165) is 10.8 Å². The van der Waals surface area contributed by atoms with Gasteiger partial charge in [-0.15, -0.1) is 0 Å². The van der Waals surface area contributed by atoms with Crippen LogP contribution in [0.5, 0.6) is 5.75 Å². The first-order valence-electron chi connectivity index (χ1n) is 9.72. The molecule has 9 heteroatoms. The van der Waals surface area contributed by atoms with Crippen LogP contribution in [0.2, 0.25) is 5.02 Å². The normalized spacial score (nSPS) is 15.0. The van der Waals surface area contributed by atoms with Crippen LogP contribution < -0.4 is 10.1 Å². The molecule has 0 saturated carbocycles. The zero-order valence-corrected chi connectivity index (χ0v) is 18.2. The number of nitrogens with one attached hydrogen (secondary N) is 1. The van der Waals surface area contributed by atoms with Crippen molar-refractivity contribution in [3.8, 4) is 5.75 Å². The lowest BCUT2D eigenvalue weighted by molar-refractivity contribution is -0.118. The van der Waals surface area contributed by atoms with Crippen LogP contribution in [0.1, 0.15) is 0 Å². The molecule has 0 unspecified atom stereocenters. The molecule has 1 fully saturated rings. The molecule has 1 aliphatic heterocycles. The Morgan fingerprint density at radius 2 is 1.77 bits per heavy atom. The number of anilines is 1. The number of amides is 1. The Balaban J connectivity index is 1.44. The van der Waals surface area contributed by atoms with Gasteiger partial charge in [-0.1, -0.05) is 41.9 Å². The minimum atomic E-state index is -3.70. The van der Waals surface area contributed by atoms with E-state index in [4.69, 9.17) is 21.1 Å². The zero-order valence-electron chi connectivity index (χ0n) is 16.6. The fourth-order valence-electron chi connectivity index (χ4n) is 3.29. The molecule has 3 aromatic rings. The molecule has 0 aliphatic carbocycles. The highest BCUT2D eigenvalue weighted by atomic mass is 35.5. The average Bonchev–Trinajstić information content (AvgIpc) is 2.79. The number of hydrogen-bond donors (Lipinski definition) is 1. The van der Waals surface area contributed by atoms with E-state index < -0.39 is 15.9 Å². The number of fused-ring (bicyclic) bond motifs is 1. The van der Waals surface area contributed by atoms with Gasteiger partial charge in [0.05, 0.1) is 28.8 Å². The SMILES string of the molecule is O=C(COc1ccc2ccccc2c1)Nc1cc(S(=O)(=O)N2CCOCC2)ccc1Cl. The van der Waals surface area contributed by atoms with Crippen molar-refractivity contribution in [3.05, 3.63) is 65.7 Å². The minimum absolute atomic E-state index is 0.0598. The van der Waals surface area contributed by atoms with Gasteiger partial charge < -0.3 is 14.8 Å². The first-order chi connectivity index (χ1) is 14.9.